The zero-order chi connectivity index (χ0) is 15.5. The lowest BCUT2D eigenvalue weighted by molar-refractivity contribution is -0.388. The number of carboxylic acids is 1. The third kappa shape index (κ3) is 3.68. The van der Waals surface area contributed by atoms with Crippen molar-refractivity contribution < 1.29 is 23.2 Å². The third-order valence-electron chi connectivity index (χ3n) is 2.36. The van der Waals surface area contributed by atoms with Crippen LogP contribution in [0.1, 0.15) is 6.92 Å². The van der Waals surface area contributed by atoms with Crippen molar-refractivity contribution in [2.75, 3.05) is 7.05 Å². The number of nitro benzene ring substituents is 1. The Morgan fingerprint density at radius 3 is 2.55 bits per heavy atom. The first-order valence-corrected chi connectivity index (χ1v) is 7.66. The molecule has 8 nitrogen and oxygen atoms in total. The van der Waals surface area contributed by atoms with E-state index in [2.05, 4.69) is 4.72 Å². The van der Waals surface area contributed by atoms with E-state index in [1.165, 1.54) is 26.1 Å². The maximum atomic E-state index is 11.6. The Morgan fingerprint density at radius 1 is 1.50 bits per heavy atom. The number of carboxylic acid groups (broad SMARTS) is 1. The van der Waals surface area contributed by atoms with Crippen molar-refractivity contribution in [3.63, 3.8) is 0 Å². The minimum atomic E-state index is -3.80. The number of nitrogens with one attached hydrogen (secondary N) is 1. The van der Waals surface area contributed by atoms with Gasteiger partial charge in [-0.15, -0.1) is 11.8 Å². The summed E-state index contributed by atoms with van der Waals surface area (Å²) in [6.07, 6.45) is 0. The molecule has 2 N–H and O–H groups in total. The van der Waals surface area contributed by atoms with Gasteiger partial charge in [0.25, 0.3) is 5.69 Å². The molecule has 0 aliphatic carbocycles. The molecule has 0 saturated carbocycles. The van der Waals surface area contributed by atoms with Crippen molar-refractivity contribution in [2.45, 2.75) is 22.0 Å². The molecule has 1 atom stereocenters. The molecule has 0 amide bonds. The maximum absolute atomic E-state index is 11.6. The maximum Gasteiger partial charge on any atom is 0.316 e. The van der Waals surface area contributed by atoms with Crippen LogP contribution in [0.3, 0.4) is 0 Å². The van der Waals surface area contributed by atoms with Crippen LogP contribution in [0.4, 0.5) is 5.69 Å². The van der Waals surface area contributed by atoms with Crippen molar-refractivity contribution >= 4 is 33.4 Å². The molecule has 0 aliphatic heterocycles. The number of hydrogen-bond acceptors (Lipinski definition) is 6. The molecule has 110 valence electrons. The van der Waals surface area contributed by atoms with Crippen LogP contribution in [-0.4, -0.2) is 36.7 Å². The van der Waals surface area contributed by atoms with Gasteiger partial charge in [0.1, 0.15) is 5.25 Å². The fraction of sp³-hybridized carbons (Fsp3) is 0.300. The number of rotatable bonds is 6. The average molecular weight is 320 g/mol. The zero-order valence-electron chi connectivity index (χ0n) is 10.6. The van der Waals surface area contributed by atoms with E-state index < -0.39 is 31.9 Å². The van der Waals surface area contributed by atoms with E-state index in [-0.39, 0.29) is 9.79 Å². The molecule has 0 saturated heterocycles. The highest BCUT2D eigenvalue weighted by molar-refractivity contribution is 8.00. The van der Waals surface area contributed by atoms with Gasteiger partial charge in [0.15, 0.2) is 0 Å². The van der Waals surface area contributed by atoms with Gasteiger partial charge >= 0.3 is 5.97 Å². The Hall–Kier alpha value is -1.65. The summed E-state index contributed by atoms with van der Waals surface area (Å²) < 4.78 is 25.2. The van der Waals surface area contributed by atoms with Crippen LogP contribution in [0.15, 0.2) is 28.0 Å². The number of sulfonamides is 1. The quantitative estimate of drug-likeness (QED) is 0.456. The molecule has 0 aliphatic rings. The van der Waals surface area contributed by atoms with Crippen LogP contribution in [0.25, 0.3) is 0 Å². The lowest BCUT2D eigenvalue weighted by Crippen LogP contribution is -2.18. The summed E-state index contributed by atoms with van der Waals surface area (Å²) in [5, 5.41) is 18.9. The molecular weight excluding hydrogens is 308 g/mol. The summed E-state index contributed by atoms with van der Waals surface area (Å²) in [6.45, 7) is 1.38. The predicted molar refractivity (Wildman–Crippen MR) is 72.3 cm³/mol. The molecule has 0 spiro atoms. The molecule has 0 aromatic heterocycles. The Bertz CT molecular complexity index is 643. The van der Waals surface area contributed by atoms with Gasteiger partial charge in [0, 0.05) is 6.07 Å². The highest BCUT2D eigenvalue weighted by atomic mass is 32.2. The Balaban J connectivity index is 3.29. The van der Waals surface area contributed by atoms with Gasteiger partial charge in [-0.1, -0.05) is 0 Å². The van der Waals surface area contributed by atoms with Crippen LogP contribution in [0.5, 0.6) is 0 Å². The normalized spacial score (nSPS) is 12.9. The standard InChI is InChI=1S/C10H12N2O6S2/c1-6(10(13)14)19-9-4-3-7(20(17,18)11-2)5-8(9)12(15)16/h3-6,11H,1-2H3,(H,13,14). The number of nitrogens with zero attached hydrogens (tertiary/aromatic N) is 1. The van der Waals surface area contributed by atoms with Crippen molar-refractivity contribution in [1.82, 2.24) is 4.72 Å². The molecular formula is C10H12N2O6S2. The minimum absolute atomic E-state index is 0.0972. The van der Waals surface area contributed by atoms with Gasteiger partial charge in [-0.25, -0.2) is 13.1 Å². The number of aliphatic carboxylic acids is 1. The van der Waals surface area contributed by atoms with Gasteiger partial charge in [-0.05, 0) is 26.1 Å². The summed E-state index contributed by atoms with van der Waals surface area (Å²) in [5.41, 5.74) is -0.445. The topological polar surface area (TPSA) is 127 Å². The van der Waals surface area contributed by atoms with E-state index >= 15 is 0 Å². The van der Waals surface area contributed by atoms with Crippen LogP contribution < -0.4 is 4.72 Å². The van der Waals surface area contributed by atoms with Crippen LogP contribution in [0, 0.1) is 10.1 Å². The fourth-order valence-electron chi connectivity index (χ4n) is 1.27. The Morgan fingerprint density at radius 2 is 2.10 bits per heavy atom. The molecule has 1 rings (SSSR count). The van der Waals surface area contributed by atoms with Crippen molar-refractivity contribution in [3.8, 4) is 0 Å². The third-order valence-corrected chi connectivity index (χ3v) is 4.92. The Labute approximate surface area is 119 Å². The smallest absolute Gasteiger partial charge is 0.316 e. The van der Waals surface area contributed by atoms with Crippen molar-refractivity contribution in [2.24, 2.45) is 0 Å². The average Bonchev–Trinajstić information content (AvgIpc) is 2.38. The second-order valence-electron chi connectivity index (χ2n) is 3.69. The van der Waals surface area contributed by atoms with E-state index in [9.17, 15) is 23.3 Å². The summed E-state index contributed by atoms with van der Waals surface area (Å²) in [7, 11) is -2.60. The highest BCUT2D eigenvalue weighted by Gasteiger charge is 2.23. The van der Waals surface area contributed by atoms with Crippen LogP contribution in [-0.2, 0) is 14.8 Å². The van der Waals surface area contributed by atoms with E-state index in [4.69, 9.17) is 5.11 Å². The molecule has 1 unspecified atom stereocenters. The molecule has 1 aromatic carbocycles. The first-order valence-electron chi connectivity index (χ1n) is 5.30. The number of thioether (sulfide) groups is 1. The fourth-order valence-corrected chi connectivity index (χ4v) is 2.90. The van der Waals surface area contributed by atoms with Gasteiger partial charge in [-0.2, -0.15) is 0 Å². The summed E-state index contributed by atoms with van der Waals surface area (Å²) in [4.78, 5) is 20.8. The molecule has 0 fully saturated rings. The van der Waals surface area contributed by atoms with Gasteiger partial charge in [0.05, 0.1) is 14.7 Å². The van der Waals surface area contributed by atoms with Crippen molar-refractivity contribution in [1.29, 1.82) is 0 Å². The molecule has 0 bridgehead atoms. The molecule has 1 aromatic rings. The summed E-state index contributed by atoms with van der Waals surface area (Å²) in [6, 6.07) is 3.32. The highest BCUT2D eigenvalue weighted by Crippen LogP contribution is 2.33. The molecule has 10 heteroatoms. The first kappa shape index (κ1) is 16.4. The van der Waals surface area contributed by atoms with Crippen molar-refractivity contribution in [3.05, 3.63) is 28.3 Å². The lowest BCUT2D eigenvalue weighted by Gasteiger charge is -2.08. The van der Waals surface area contributed by atoms with Crippen LogP contribution >= 0.6 is 11.8 Å². The number of nitro groups is 1. The molecule has 0 heterocycles. The van der Waals surface area contributed by atoms with Gasteiger partial charge < -0.3 is 5.11 Å². The summed E-state index contributed by atoms with van der Waals surface area (Å²) >= 11 is 0.777. The predicted octanol–water partition coefficient (Wildman–Crippen LogP) is 1.07. The number of hydrogen-bond donors (Lipinski definition) is 2. The van der Waals surface area contributed by atoms with Gasteiger partial charge in [-0.3, -0.25) is 14.9 Å². The van der Waals surface area contributed by atoms with Gasteiger partial charge in [0.2, 0.25) is 10.0 Å². The van der Waals surface area contributed by atoms with Crippen LogP contribution in [0.2, 0.25) is 0 Å². The number of carbonyl (C=O) groups is 1. The minimum Gasteiger partial charge on any atom is -0.480 e. The Kier molecular flexibility index (Phi) is 5.09. The van der Waals surface area contributed by atoms with E-state index in [0.29, 0.717) is 0 Å². The second kappa shape index (κ2) is 6.20. The SMILES string of the molecule is CNS(=O)(=O)c1ccc(SC(C)C(=O)O)c([N+](=O)[O-])c1. The molecule has 0 radical (unpaired) electrons. The van der Waals surface area contributed by atoms with E-state index in [0.717, 1.165) is 17.8 Å². The lowest BCUT2D eigenvalue weighted by atomic mass is 10.3. The number of benzene rings is 1. The van der Waals surface area contributed by atoms with E-state index in [1.807, 2.05) is 0 Å². The monoisotopic (exact) mass is 320 g/mol. The second-order valence-corrected chi connectivity index (χ2v) is 6.96. The molecule has 20 heavy (non-hydrogen) atoms. The zero-order valence-corrected chi connectivity index (χ0v) is 12.2. The first-order chi connectivity index (χ1) is 9.19. The largest absolute Gasteiger partial charge is 0.480 e. The summed E-state index contributed by atoms with van der Waals surface area (Å²) in [5.74, 6) is -1.11. The van der Waals surface area contributed by atoms with E-state index in [1.54, 1.807) is 0 Å².